The van der Waals surface area contributed by atoms with E-state index >= 15 is 0 Å². The molecule has 0 saturated carbocycles. The quantitative estimate of drug-likeness (QED) is 0.873. The Kier molecular flexibility index (Phi) is 6.12. The van der Waals surface area contributed by atoms with Crippen LogP contribution < -0.4 is 5.32 Å². The minimum absolute atomic E-state index is 0.0511. The van der Waals surface area contributed by atoms with Gasteiger partial charge in [-0.15, -0.1) is 0 Å². The molecule has 1 fully saturated rings. The third-order valence-electron chi connectivity index (χ3n) is 4.60. The Morgan fingerprint density at radius 1 is 1.19 bits per heavy atom. The van der Waals surface area contributed by atoms with E-state index in [1.807, 2.05) is 6.20 Å². The molecule has 21 heavy (non-hydrogen) atoms. The molecule has 0 spiro atoms. The monoisotopic (exact) mass is 290 g/mol. The highest BCUT2D eigenvalue weighted by atomic mass is 15.2. The summed E-state index contributed by atoms with van der Waals surface area (Å²) in [7, 11) is 0. The lowest BCUT2D eigenvalue weighted by Gasteiger charge is -2.44. The lowest BCUT2D eigenvalue weighted by Crippen LogP contribution is -2.53. The van der Waals surface area contributed by atoms with Crippen LogP contribution in [0, 0.1) is 0 Å². The summed E-state index contributed by atoms with van der Waals surface area (Å²) < 4.78 is 0. The molecule has 0 amide bonds. The molecular formula is C17H30N4. The highest BCUT2D eigenvalue weighted by Crippen LogP contribution is 2.31. The molecule has 1 saturated heterocycles. The number of nitrogens with one attached hydrogen (secondary N) is 1. The molecule has 0 bridgehead atoms. The van der Waals surface area contributed by atoms with E-state index in [0.29, 0.717) is 0 Å². The molecule has 1 unspecified atom stereocenters. The SMILES string of the molecule is CCCNC(c1cnccn1)C(C)(C)N1CCCCCC1. The summed E-state index contributed by atoms with van der Waals surface area (Å²) in [6.07, 6.45) is 11.9. The van der Waals surface area contributed by atoms with Crippen molar-refractivity contribution in [1.82, 2.24) is 20.2 Å². The van der Waals surface area contributed by atoms with Crippen molar-refractivity contribution in [3.63, 3.8) is 0 Å². The van der Waals surface area contributed by atoms with Gasteiger partial charge in [-0.1, -0.05) is 19.8 Å². The molecule has 0 radical (unpaired) electrons. The van der Waals surface area contributed by atoms with Gasteiger partial charge >= 0.3 is 0 Å². The van der Waals surface area contributed by atoms with Gasteiger partial charge in [-0.2, -0.15) is 0 Å². The van der Waals surface area contributed by atoms with Crippen LogP contribution in [0.2, 0.25) is 0 Å². The van der Waals surface area contributed by atoms with Crippen molar-refractivity contribution in [1.29, 1.82) is 0 Å². The third-order valence-corrected chi connectivity index (χ3v) is 4.60. The summed E-state index contributed by atoms with van der Waals surface area (Å²) in [4.78, 5) is 11.5. The van der Waals surface area contributed by atoms with Crippen LogP contribution in [-0.2, 0) is 0 Å². The van der Waals surface area contributed by atoms with Gasteiger partial charge < -0.3 is 5.32 Å². The maximum atomic E-state index is 4.56. The molecule has 1 N–H and O–H groups in total. The molecule has 1 aliphatic rings. The Labute approximate surface area is 129 Å². The summed E-state index contributed by atoms with van der Waals surface area (Å²) in [6, 6.07) is 0.226. The lowest BCUT2D eigenvalue weighted by molar-refractivity contribution is 0.0816. The van der Waals surface area contributed by atoms with Crippen molar-refractivity contribution in [3.05, 3.63) is 24.3 Å². The zero-order chi connectivity index (χ0) is 15.1. The van der Waals surface area contributed by atoms with E-state index in [9.17, 15) is 0 Å². The second kappa shape index (κ2) is 7.85. The first-order valence-electron chi connectivity index (χ1n) is 8.40. The minimum atomic E-state index is 0.0511. The van der Waals surface area contributed by atoms with Gasteiger partial charge in [0.15, 0.2) is 0 Å². The van der Waals surface area contributed by atoms with Gasteiger partial charge in [0.2, 0.25) is 0 Å². The van der Waals surface area contributed by atoms with Gasteiger partial charge in [-0.25, -0.2) is 0 Å². The van der Waals surface area contributed by atoms with Crippen LogP contribution in [0.15, 0.2) is 18.6 Å². The molecule has 4 heteroatoms. The molecule has 2 rings (SSSR count). The second-order valence-corrected chi connectivity index (χ2v) is 6.57. The molecule has 0 aromatic carbocycles. The summed E-state index contributed by atoms with van der Waals surface area (Å²) in [6.45, 7) is 10.3. The first kappa shape index (κ1) is 16.4. The van der Waals surface area contributed by atoms with Crippen LogP contribution in [0.4, 0.5) is 0 Å². The second-order valence-electron chi connectivity index (χ2n) is 6.57. The molecule has 1 aromatic rings. The van der Waals surface area contributed by atoms with Crippen LogP contribution in [-0.4, -0.2) is 40.0 Å². The zero-order valence-electron chi connectivity index (χ0n) is 13.8. The molecular weight excluding hydrogens is 260 g/mol. The van der Waals surface area contributed by atoms with Gasteiger partial charge in [0.25, 0.3) is 0 Å². The minimum Gasteiger partial charge on any atom is -0.307 e. The van der Waals surface area contributed by atoms with Gasteiger partial charge in [-0.3, -0.25) is 14.9 Å². The number of hydrogen-bond acceptors (Lipinski definition) is 4. The van der Waals surface area contributed by atoms with Crippen molar-refractivity contribution >= 4 is 0 Å². The number of nitrogens with zero attached hydrogens (tertiary/aromatic N) is 3. The number of likely N-dealkylation sites (tertiary alicyclic amines) is 1. The fourth-order valence-electron chi connectivity index (χ4n) is 3.29. The Hall–Kier alpha value is -1.00. The topological polar surface area (TPSA) is 41.1 Å². The molecule has 1 aromatic heterocycles. The highest BCUT2D eigenvalue weighted by Gasteiger charge is 2.37. The molecule has 0 aliphatic carbocycles. The molecule has 1 aliphatic heterocycles. The fraction of sp³-hybridized carbons (Fsp3) is 0.765. The number of rotatable bonds is 6. The average molecular weight is 290 g/mol. The molecule has 4 nitrogen and oxygen atoms in total. The summed E-state index contributed by atoms with van der Waals surface area (Å²) in [5.41, 5.74) is 1.11. The molecule has 1 atom stereocenters. The Morgan fingerprint density at radius 2 is 1.90 bits per heavy atom. The highest BCUT2D eigenvalue weighted by molar-refractivity contribution is 5.11. The Balaban J connectivity index is 2.20. The Bertz CT molecular complexity index is 397. The van der Waals surface area contributed by atoms with Gasteiger partial charge in [0.05, 0.1) is 17.9 Å². The molecule has 118 valence electrons. The smallest absolute Gasteiger partial charge is 0.0774 e. The van der Waals surface area contributed by atoms with Crippen LogP contribution in [0.5, 0.6) is 0 Å². The van der Waals surface area contributed by atoms with Crippen molar-refractivity contribution in [2.24, 2.45) is 0 Å². The van der Waals surface area contributed by atoms with E-state index in [2.05, 4.69) is 41.0 Å². The van der Waals surface area contributed by atoms with Crippen LogP contribution >= 0.6 is 0 Å². The van der Waals surface area contributed by atoms with Crippen LogP contribution in [0.25, 0.3) is 0 Å². The lowest BCUT2D eigenvalue weighted by atomic mass is 9.89. The first-order chi connectivity index (χ1) is 10.2. The Morgan fingerprint density at radius 3 is 2.48 bits per heavy atom. The van der Waals surface area contributed by atoms with Gasteiger partial charge in [-0.05, 0) is 52.7 Å². The maximum Gasteiger partial charge on any atom is 0.0774 e. The summed E-state index contributed by atoms with van der Waals surface area (Å²) in [5.74, 6) is 0. The normalized spacial score (nSPS) is 19.2. The van der Waals surface area contributed by atoms with E-state index in [-0.39, 0.29) is 11.6 Å². The van der Waals surface area contributed by atoms with E-state index in [1.54, 1.807) is 12.4 Å². The summed E-state index contributed by atoms with van der Waals surface area (Å²) >= 11 is 0. The number of hydrogen-bond donors (Lipinski definition) is 1. The van der Waals surface area contributed by atoms with Crippen molar-refractivity contribution < 1.29 is 0 Å². The predicted octanol–water partition coefficient (Wildman–Crippen LogP) is 3.17. The third kappa shape index (κ3) is 4.24. The van der Waals surface area contributed by atoms with Crippen molar-refractivity contribution in [2.45, 2.75) is 64.5 Å². The largest absolute Gasteiger partial charge is 0.307 e. The van der Waals surface area contributed by atoms with E-state index in [4.69, 9.17) is 0 Å². The van der Waals surface area contributed by atoms with Crippen LogP contribution in [0.1, 0.15) is 64.6 Å². The zero-order valence-corrected chi connectivity index (χ0v) is 13.8. The van der Waals surface area contributed by atoms with Gasteiger partial charge in [0, 0.05) is 17.9 Å². The standard InChI is InChI=1S/C17H30N4/c1-4-9-20-16(15-14-18-10-11-19-15)17(2,3)21-12-7-5-6-8-13-21/h10-11,14,16,20H,4-9,12-13H2,1-3H3. The first-order valence-corrected chi connectivity index (χ1v) is 8.40. The summed E-state index contributed by atoms with van der Waals surface area (Å²) in [5, 5.41) is 3.70. The van der Waals surface area contributed by atoms with Crippen molar-refractivity contribution in [3.8, 4) is 0 Å². The predicted molar refractivity (Wildman–Crippen MR) is 87.2 cm³/mol. The number of aromatic nitrogens is 2. The van der Waals surface area contributed by atoms with E-state index in [0.717, 1.165) is 18.7 Å². The average Bonchev–Trinajstić information content (AvgIpc) is 2.78. The van der Waals surface area contributed by atoms with Crippen LogP contribution in [0.3, 0.4) is 0 Å². The van der Waals surface area contributed by atoms with Crippen molar-refractivity contribution in [2.75, 3.05) is 19.6 Å². The molecule has 2 heterocycles. The van der Waals surface area contributed by atoms with Gasteiger partial charge in [0.1, 0.15) is 0 Å². The maximum absolute atomic E-state index is 4.56. The fourth-order valence-corrected chi connectivity index (χ4v) is 3.29. The van der Waals surface area contributed by atoms with E-state index in [1.165, 1.54) is 38.8 Å². The van der Waals surface area contributed by atoms with E-state index < -0.39 is 0 Å².